The number of benzene rings is 1. The molecule has 1 aliphatic rings. The molecular weight excluding hydrogens is 430 g/mol. The molecule has 0 aliphatic heterocycles. The van der Waals surface area contributed by atoms with Crippen LogP contribution in [0, 0.1) is 0 Å². The molecule has 0 spiro atoms. The molecule has 4 aromatic rings. The van der Waals surface area contributed by atoms with Gasteiger partial charge in [-0.25, -0.2) is 18.3 Å². The Labute approximate surface area is 189 Å². The zero-order valence-electron chi connectivity index (χ0n) is 18.5. The molecule has 3 heterocycles. The third kappa shape index (κ3) is 4.22. The maximum Gasteiger partial charge on any atom is 0.256 e. The first kappa shape index (κ1) is 21.6. The number of alkyl halides is 2. The van der Waals surface area contributed by atoms with Gasteiger partial charge in [-0.2, -0.15) is 4.98 Å². The summed E-state index contributed by atoms with van der Waals surface area (Å²) in [6.45, 7) is 1.46. The summed E-state index contributed by atoms with van der Waals surface area (Å²) in [6.07, 6.45) is 3.91. The fraction of sp³-hybridized carbons (Fsp3) is 0.435. The Bertz CT molecular complexity index is 1290. The van der Waals surface area contributed by atoms with Crippen LogP contribution >= 0.6 is 0 Å². The number of hydrogen-bond acceptors (Lipinski definition) is 6. The van der Waals surface area contributed by atoms with E-state index in [9.17, 15) is 13.9 Å². The highest BCUT2D eigenvalue weighted by molar-refractivity contribution is 5.89. The molecule has 3 aromatic heterocycles. The summed E-state index contributed by atoms with van der Waals surface area (Å²) in [5.74, 6) is 0.870. The number of imidazole rings is 1. The Morgan fingerprint density at radius 3 is 2.79 bits per heavy atom. The number of hydrogen-bond donors (Lipinski definition) is 2. The molecule has 0 radical (unpaired) electrons. The predicted octanol–water partition coefficient (Wildman–Crippen LogP) is 4.13. The third-order valence-corrected chi connectivity index (χ3v) is 6.34. The van der Waals surface area contributed by atoms with Crippen molar-refractivity contribution in [3.8, 4) is 17.0 Å². The van der Waals surface area contributed by atoms with Gasteiger partial charge in [0, 0.05) is 17.8 Å². The van der Waals surface area contributed by atoms with E-state index in [2.05, 4.69) is 20.4 Å². The lowest BCUT2D eigenvalue weighted by Gasteiger charge is -2.33. The van der Waals surface area contributed by atoms with E-state index in [1.54, 1.807) is 11.6 Å². The first-order valence-electron chi connectivity index (χ1n) is 11.0. The van der Waals surface area contributed by atoms with Gasteiger partial charge < -0.3 is 19.7 Å². The number of nitrogens with zero attached hydrogens (tertiary/aromatic N) is 5. The summed E-state index contributed by atoms with van der Waals surface area (Å²) in [4.78, 5) is 8.79. The molecule has 0 unspecified atom stereocenters. The molecular formula is C23H26F2N6O2. The van der Waals surface area contributed by atoms with Crippen LogP contribution < -0.4 is 10.1 Å². The molecule has 174 valence electrons. The summed E-state index contributed by atoms with van der Waals surface area (Å²) >= 11 is 0. The molecule has 0 saturated heterocycles. The van der Waals surface area contributed by atoms with Gasteiger partial charge in [0.15, 0.2) is 0 Å². The second-order valence-electron chi connectivity index (χ2n) is 8.87. The SMILES string of the molecule is COc1nc(N[C@H]2CC[C@](C)(O)CC2)nn2ccc(-c3ccc4ncn(CC(F)F)c4c3)c12. The highest BCUT2D eigenvalue weighted by atomic mass is 19.3. The Kier molecular flexibility index (Phi) is 5.40. The van der Waals surface area contributed by atoms with Gasteiger partial charge in [-0.15, -0.1) is 5.10 Å². The van der Waals surface area contributed by atoms with Crippen LogP contribution in [0.25, 0.3) is 27.7 Å². The lowest BCUT2D eigenvalue weighted by atomic mass is 9.84. The van der Waals surface area contributed by atoms with Crippen molar-refractivity contribution < 1.29 is 18.6 Å². The van der Waals surface area contributed by atoms with Gasteiger partial charge in [-0.1, -0.05) is 6.07 Å². The normalized spacial score (nSPS) is 21.2. The van der Waals surface area contributed by atoms with Gasteiger partial charge in [0.05, 0.1) is 36.6 Å². The average Bonchev–Trinajstić information content (AvgIpc) is 3.38. The van der Waals surface area contributed by atoms with Crippen LogP contribution in [0.3, 0.4) is 0 Å². The van der Waals surface area contributed by atoms with Gasteiger partial charge in [-0.05, 0) is 56.4 Å². The van der Waals surface area contributed by atoms with E-state index >= 15 is 0 Å². The number of methoxy groups -OCH3 is 1. The molecule has 8 nitrogen and oxygen atoms in total. The minimum absolute atomic E-state index is 0.181. The fourth-order valence-electron chi connectivity index (χ4n) is 4.51. The quantitative estimate of drug-likeness (QED) is 0.454. The predicted molar refractivity (Wildman–Crippen MR) is 121 cm³/mol. The topological polar surface area (TPSA) is 89.5 Å². The molecule has 1 fully saturated rings. The first-order chi connectivity index (χ1) is 15.8. The second kappa shape index (κ2) is 8.26. The zero-order chi connectivity index (χ0) is 23.2. The van der Waals surface area contributed by atoms with Crippen LogP contribution in [0.1, 0.15) is 32.6 Å². The smallest absolute Gasteiger partial charge is 0.256 e. The number of nitrogens with one attached hydrogen (secondary N) is 1. The highest BCUT2D eigenvalue weighted by Crippen LogP contribution is 2.34. The monoisotopic (exact) mass is 456 g/mol. The van der Waals surface area contributed by atoms with Gasteiger partial charge in [-0.3, -0.25) is 0 Å². The van der Waals surface area contributed by atoms with Crippen LogP contribution in [0.4, 0.5) is 14.7 Å². The van der Waals surface area contributed by atoms with Crippen LogP contribution in [0.2, 0.25) is 0 Å². The number of halogens is 2. The minimum atomic E-state index is -2.46. The van der Waals surface area contributed by atoms with Crippen molar-refractivity contribution >= 4 is 22.5 Å². The molecule has 0 amide bonds. The molecule has 1 aromatic carbocycles. The number of anilines is 1. The Hall–Kier alpha value is -3.27. The van der Waals surface area contributed by atoms with Crippen molar-refractivity contribution in [3.63, 3.8) is 0 Å². The van der Waals surface area contributed by atoms with Crippen molar-refractivity contribution in [1.29, 1.82) is 0 Å². The maximum atomic E-state index is 12.9. The van der Waals surface area contributed by atoms with E-state index in [-0.39, 0.29) is 6.04 Å². The largest absolute Gasteiger partial charge is 0.479 e. The van der Waals surface area contributed by atoms with E-state index in [1.807, 2.05) is 37.4 Å². The summed E-state index contributed by atoms with van der Waals surface area (Å²) < 4.78 is 34.7. The first-order valence-corrected chi connectivity index (χ1v) is 11.0. The lowest BCUT2D eigenvalue weighted by molar-refractivity contribution is 0.0195. The van der Waals surface area contributed by atoms with E-state index in [0.29, 0.717) is 28.4 Å². The third-order valence-electron chi connectivity index (χ3n) is 6.34. The zero-order valence-corrected chi connectivity index (χ0v) is 18.5. The maximum absolute atomic E-state index is 12.9. The number of aliphatic hydroxyl groups is 1. The summed E-state index contributed by atoms with van der Waals surface area (Å²) in [5, 5.41) is 18.1. The molecule has 0 atom stereocenters. The van der Waals surface area contributed by atoms with E-state index in [4.69, 9.17) is 4.74 Å². The highest BCUT2D eigenvalue weighted by Gasteiger charge is 2.29. The van der Waals surface area contributed by atoms with Gasteiger partial charge in [0.2, 0.25) is 11.8 Å². The van der Waals surface area contributed by atoms with Crippen LogP contribution in [-0.2, 0) is 6.54 Å². The number of ether oxygens (including phenoxy) is 1. The molecule has 1 aliphatic carbocycles. The average molecular weight is 456 g/mol. The van der Waals surface area contributed by atoms with Gasteiger partial charge in [0.25, 0.3) is 6.43 Å². The minimum Gasteiger partial charge on any atom is -0.479 e. The fourth-order valence-corrected chi connectivity index (χ4v) is 4.51. The Balaban J connectivity index is 1.49. The van der Waals surface area contributed by atoms with Crippen LogP contribution in [0.15, 0.2) is 36.8 Å². The van der Waals surface area contributed by atoms with Crippen molar-refractivity contribution in [1.82, 2.24) is 24.1 Å². The second-order valence-corrected chi connectivity index (χ2v) is 8.87. The molecule has 33 heavy (non-hydrogen) atoms. The van der Waals surface area contributed by atoms with Crippen molar-refractivity contribution in [2.45, 2.75) is 57.2 Å². The van der Waals surface area contributed by atoms with E-state index in [1.165, 1.54) is 10.9 Å². The van der Waals surface area contributed by atoms with Crippen LogP contribution in [-0.4, -0.2) is 54.4 Å². The number of rotatable bonds is 6. The van der Waals surface area contributed by atoms with Crippen molar-refractivity contribution in [3.05, 3.63) is 36.8 Å². The Morgan fingerprint density at radius 1 is 1.27 bits per heavy atom. The van der Waals surface area contributed by atoms with Crippen LogP contribution in [0.5, 0.6) is 5.88 Å². The number of fused-ring (bicyclic) bond motifs is 2. The van der Waals surface area contributed by atoms with Crippen molar-refractivity contribution in [2.75, 3.05) is 12.4 Å². The molecule has 5 rings (SSSR count). The van der Waals surface area contributed by atoms with E-state index in [0.717, 1.165) is 36.8 Å². The van der Waals surface area contributed by atoms with E-state index < -0.39 is 18.6 Å². The molecule has 1 saturated carbocycles. The molecule has 10 heteroatoms. The van der Waals surface area contributed by atoms with Crippen molar-refractivity contribution in [2.24, 2.45) is 0 Å². The lowest BCUT2D eigenvalue weighted by Crippen LogP contribution is -2.36. The molecule has 2 N–H and O–H groups in total. The standard InChI is InChI=1S/C23H26F2N6O2/c1-23(32)8-5-15(6-9-23)27-22-28-21(33-2)20-16(7-10-31(20)29-22)14-3-4-17-18(11-14)30(13-26-17)12-19(24)25/h3-4,7,10-11,13,15,19,32H,5-6,8-9,12H2,1-2H3,(H,27,29)/t15-,23-. The Morgan fingerprint density at radius 2 is 2.06 bits per heavy atom. The summed E-state index contributed by atoms with van der Waals surface area (Å²) in [5.41, 5.74) is 3.04. The summed E-state index contributed by atoms with van der Waals surface area (Å²) in [7, 11) is 1.56. The molecule has 0 bridgehead atoms. The van der Waals surface area contributed by atoms with Gasteiger partial charge >= 0.3 is 0 Å². The van der Waals surface area contributed by atoms with Gasteiger partial charge in [0.1, 0.15) is 5.52 Å². The summed E-state index contributed by atoms with van der Waals surface area (Å²) in [6, 6.07) is 7.65. The number of aromatic nitrogens is 5.